The van der Waals surface area contributed by atoms with Gasteiger partial charge in [0.2, 0.25) is 0 Å². The van der Waals surface area contributed by atoms with Gasteiger partial charge in [0.15, 0.2) is 4.34 Å². The number of nitro benzene ring substituents is 1. The van der Waals surface area contributed by atoms with Gasteiger partial charge in [-0.05, 0) is 19.1 Å². The summed E-state index contributed by atoms with van der Waals surface area (Å²) in [5.41, 5.74) is 0.924. The lowest BCUT2D eigenvalue weighted by atomic mass is 10.2. The Hall–Kier alpha value is -1.97. The van der Waals surface area contributed by atoms with Gasteiger partial charge < -0.3 is 0 Å². The molecule has 0 fully saturated rings. The van der Waals surface area contributed by atoms with Crippen molar-refractivity contribution in [2.24, 2.45) is 0 Å². The number of amides is 1. The number of hydroxylamine groups is 2. The second-order valence-corrected chi connectivity index (χ2v) is 6.43. The van der Waals surface area contributed by atoms with Crippen LogP contribution < -0.4 is 0 Å². The fourth-order valence-corrected chi connectivity index (χ4v) is 3.50. The van der Waals surface area contributed by atoms with Crippen LogP contribution in [0, 0.1) is 17.0 Å². The molecular weight excluding hydrogens is 326 g/mol. The van der Waals surface area contributed by atoms with E-state index in [-0.39, 0.29) is 11.3 Å². The molecular formula is C13H13N3O4S2. The quantitative estimate of drug-likeness (QED) is 0.614. The third-order valence-corrected chi connectivity index (χ3v) is 4.88. The van der Waals surface area contributed by atoms with Crippen LogP contribution in [-0.2, 0) is 4.84 Å². The number of nitrogens with zero attached hydrogens (tertiary/aromatic N) is 3. The van der Waals surface area contributed by atoms with E-state index in [0.29, 0.717) is 9.24 Å². The minimum Gasteiger partial charge on any atom is -0.274 e. The number of carbonyl (C=O) groups is 1. The second-order valence-electron chi connectivity index (χ2n) is 4.28. The molecule has 7 nitrogen and oxygen atoms in total. The summed E-state index contributed by atoms with van der Waals surface area (Å²) >= 11 is 2.63. The molecule has 1 aromatic carbocycles. The van der Waals surface area contributed by atoms with Crippen LogP contribution in [0.25, 0.3) is 0 Å². The van der Waals surface area contributed by atoms with Crippen LogP contribution in [0.2, 0.25) is 0 Å². The SMILES string of the molecule is CON(C)C(=O)c1ccc(Sc2nc(C)cs2)c([N+](=O)[O-])c1. The maximum Gasteiger partial charge on any atom is 0.284 e. The monoisotopic (exact) mass is 339 g/mol. The predicted molar refractivity (Wildman–Crippen MR) is 83.2 cm³/mol. The van der Waals surface area contributed by atoms with Gasteiger partial charge in [-0.15, -0.1) is 11.3 Å². The molecule has 0 atom stereocenters. The largest absolute Gasteiger partial charge is 0.284 e. The normalized spacial score (nSPS) is 10.5. The van der Waals surface area contributed by atoms with E-state index in [1.54, 1.807) is 6.07 Å². The Kier molecular flexibility index (Phi) is 5.11. The van der Waals surface area contributed by atoms with Crippen LogP contribution in [0.3, 0.4) is 0 Å². The number of carbonyl (C=O) groups excluding carboxylic acids is 1. The Labute approximate surface area is 135 Å². The second kappa shape index (κ2) is 6.86. The van der Waals surface area contributed by atoms with Crippen molar-refractivity contribution in [2.75, 3.05) is 14.2 Å². The van der Waals surface area contributed by atoms with E-state index >= 15 is 0 Å². The molecule has 0 radical (unpaired) electrons. The van der Waals surface area contributed by atoms with Crippen LogP contribution >= 0.6 is 23.1 Å². The number of aromatic nitrogens is 1. The minimum atomic E-state index is -0.508. The molecule has 1 heterocycles. The van der Waals surface area contributed by atoms with Gasteiger partial charge in [-0.2, -0.15) is 0 Å². The number of thiazole rings is 1. The van der Waals surface area contributed by atoms with Crippen molar-refractivity contribution < 1.29 is 14.6 Å². The Morgan fingerprint density at radius 1 is 1.50 bits per heavy atom. The highest BCUT2D eigenvalue weighted by Crippen LogP contribution is 2.36. The summed E-state index contributed by atoms with van der Waals surface area (Å²) in [6.45, 7) is 1.86. The first kappa shape index (κ1) is 16.4. The maximum absolute atomic E-state index is 12.0. The first-order valence-corrected chi connectivity index (χ1v) is 7.82. The van der Waals surface area contributed by atoms with Gasteiger partial charge in [0.1, 0.15) is 0 Å². The zero-order valence-corrected chi connectivity index (χ0v) is 13.7. The molecule has 2 aromatic rings. The van der Waals surface area contributed by atoms with E-state index in [9.17, 15) is 14.9 Å². The smallest absolute Gasteiger partial charge is 0.274 e. The van der Waals surface area contributed by atoms with Gasteiger partial charge in [-0.3, -0.25) is 19.7 Å². The number of hydrogen-bond donors (Lipinski definition) is 0. The van der Waals surface area contributed by atoms with E-state index in [0.717, 1.165) is 10.8 Å². The Morgan fingerprint density at radius 2 is 2.23 bits per heavy atom. The van der Waals surface area contributed by atoms with Crippen molar-refractivity contribution in [1.82, 2.24) is 10.0 Å². The maximum atomic E-state index is 12.0. The summed E-state index contributed by atoms with van der Waals surface area (Å²) in [6, 6.07) is 4.34. The molecule has 0 spiro atoms. The van der Waals surface area contributed by atoms with Gasteiger partial charge in [-0.1, -0.05) is 11.8 Å². The van der Waals surface area contributed by atoms with Gasteiger partial charge in [-0.25, -0.2) is 10.0 Å². The number of nitro groups is 1. The number of rotatable bonds is 5. The summed E-state index contributed by atoms with van der Waals surface area (Å²) < 4.78 is 0.716. The lowest BCUT2D eigenvalue weighted by Gasteiger charge is -2.13. The highest BCUT2D eigenvalue weighted by atomic mass is 32.2. The van der Waals surface area contributed by atoms with Crippen molar-refractivity contribution in [3.8, 4) is 0 Å². The molecule has 2 rings (SSSR count). The predicted octanol–water partition coefficient (Wildman–Crippen LogP) is 3.14. The van der Waals surface area contributed by atoms with E-state index in [1.807, 2.05) is 12.3 Å². The zero-order valence-electron chi connectivity index (χ0n) is 12.1. The molecule has 0 saturated heterocycles. The van der Waals surface area contributed by atoms with Crippen LogP contribution in [0.1, 0.15) is 16.1 Å². The van der Waals surface area contributed by atoms with Gasteiger partial charge in [0, 0.05) is 29.8 Å². The van der Waals surface area contributed by atoms with E-state index in [1.165, 1.54) is 49.4 Å². The van der Waals surface area contributed by atoms with Crippen molar-refractivity contribution in [1.29, 1.82) is 0 Å². The highest BCUT2D eigenvalue weighted by molar-refractivity contribution is 8.01. The molecule has 1 amide bonds. The van der Waals surface area contributed by atoms with E-state index in [2.05, 4.69) is 4.98 Å². The number of aryl methyl sites for hydroxylation is 1. The fourth-order valence-electron chi connectivity index (χ4n) is 1.62. The third-order valence-electron chi connectivity index (χ3n) is 2.76. The van der Waals surface area contributed by atoms with Gasteiger partial charge >= 0.3 is 0 Å². The standard InChI is InChI=1S/C13H13N3O4S2/c1-8-7-21-13(14-8)22-11-5-4-9(6-10(11)16(18)19)12(17)15(2)20-3/h4-7H,1-3H3. The first-order chi connectivity index (χ1) is 10.4. The molecule has 0 aliphatic rings. The average molecular weight is 339 g/mol. The van der Waals surface area contributed by atoms with Crippen LogP contribution in [0.15, 0.2) is 32.8 Å². The van der Waals surface area contributed by atoms with Gasteiger partial charge in [0.25, 0.3) is 11.6 Å². The molecule has 0 unspecified atom stereocenters. The summed E-state index contributed by atoms with van der Waals surface area (Å²) in [6.07, 6.45) is 0. The molecule has 0 aliphatic carbocycles. The summed E-state index contributed by atoms with van der Waals surface area (Å²) in [5, 5.41) is 14.1. The zero-order chi connectivity index (χ0) is 16.3. The van der Waals surface area contributed by atoms with E-state index < -0.39 is 10.8 Å². The summed E-state index contributed by atoms with van der Waals surface area (Å²) in [5.74, 6) is -0.452. The van der Waals surface area contributed by atoms with Crippen molar-refractivity contribution in [3.63, 3.8) is 0 Å². The molecule has 0 bridgehead atoms. The highest BCUT2D eigenvalue weighted by Gasteiger charge is 2.21. The van der Waals surface area contributed by atoms with Crippen molar-refractivity contribution in [2.45, 2.75) is 16.2 Å². The van der Waals surface area contributed by atoms with Crippen LogP contribution in [-0.4, -0.2) is 35.0 Å². The molecule has 0 N–H and O–H groups in total. The number of hydrogen-bond acceptors (Lipinski definition) is 7. The van der Waals surface area contributed by atoms with Gasteiger partial charge in [0.05, 0.1) is 16.9 Å². The average Bonchev–Trinajstić information content (AvgIpc) is 2.91. The Balaban J connectivity index is 2.35. The van der Waals surface area contributed by atoms with Crippen molar-refractivity contribution >= 4 is 34.7 Å². The Morgan fingerprint density at radius 3 is 2.77 bits per heavy atom. The fraction of sp³-hybridized carbons (Fsp3) is 0.231. The Bertz CT molecular complexity index is 717. The minimum absolute atomic E-state index is 0.131. The molecule has 0 saturated carbocycles. The molecule has 0 aliphatic heterocycles. The molecule has 1 aromatic heterocycles. The summed E-state index contributed by atoms with van der Waals surface area (Å²) in [4.78, 5) is 32.2. The molecule has 116 valence electrons. The van der Waals surface area contributed by atoms with Crippen LogP contribution in [0.5, 0.6) is 0 Å². The first-order valence-electron chi connectivity index (χ1n) is 6.13. The van der Waals surface area contributed by atoms with Crippen molar-refractivity contribution in [3.05, 3.63) is 45.0 Å². The summed E-state index contributed by atoms with van der Waals surface area (Å²) in [7, 11) is 2.79. The van der Waals surface area contributed by atoms with Crippen LogP contribution in [0.4, 0.5) is 5.69 Å². The molecule has 9 heteroatoms. The molecule has 22 heavy (non-hydrogen) atoms. The lowest BCUT2D eigenvalue weighted by molar-refractivity contribution is -0.387. The third kappa shape index (κ3) is 3.62. The lowest BCUT2D eigenvalue weighted by Crippen LogP contribution is -2.25. The number of benzene rings is 1. The topological polar surface area (TPSA) is 85.6 Å². The van der Waals surface area contributed by atoms with E-state index in [4.69, 9.17) is 4.84 Å².